The van der Waals surface area contributed by atoms with Crippen molar-refractivity contribution < 1.29 is 9.13 Å². The summed E-state index contributed by atoms with van der Waals surface area (Å²) in [4.78, 5) is 0. The van der Waals surface area contributed by atoms with Crippen LogP contribution >= 0.6 is 39.1 Å². The van der Waals surface area contributed by atoms with E-state index < -0.39 is 5.38 Å². The van der Waals surface area contributed by atoms with E-state index in [0.717, 1.165) is 11.1 Å². The third-order valence-corrected chi connectivity index (χ3v) is 4.36. The van der Waals surface area contributed by atoms with Gasteiger partial charge in [-0.25, -0.2) is 4.39 Å². The number of methoxy groups -OCH3 is 1. The van der Waals surface area contributed by atoms with Crippen molar-refractivity contribution in [3.8, 4) is 5.75 Å². The molecule has 1 atom stereocenters. The van der Waals surface area contributed by atoms with Gasteiger partial charge in [-0.3, -0.25) is 0 Å². The first-order valence-corrected chi connectivity index (χ1v) is 7.48. The molecule has 0 saturated heterocycles. The largest absolute Gasteiger partial charge is 0.496 e. The van der Waals surface area contributed by atoms with Gasteiger partial charge < -0.3 is 4.74 Å². The maximum Gasteiger partial charge on any atom is 0.141 e. The Morgan fingerprint density at radius 3 is 2.50 bits per heavy atom. The van der Waals surface area contributed by atoms with Crippen LogP contribution in [-0.2, 0) is 0 Å². The predicted octanol–water partition coefficient (Wildman–Crippen LogP) is 5.89. The Morgan fingerprint density at radius 2 is 1.90 bits per heavy atom. The number of hydrogen-bond acceptors (Lipinski definition) is 1. The summed E-state index contributed by atoms with van der Waals surface area (Å²) in [5.74, 6) is 0.0299. The normalized spacial score (nSPS) is 12.3. The molecular formula is C15H12BrCl2FO. The Balaban J connectivity index is 2.52. The first-order valence-electron chi connectivity index (χ1n) is 5.87. The summed E-state index contributed by atoms with van der Waals surface area (Å²) in [6.45, 7) is 1.93. The first-order chi connectivity index (χ1) is 9.43. The molecule has 5 heteroatoms. The standard InChI is InChI=1S/C15H12BrCl2FO/c1-8-5-9(17)3-4-10(8)15(18)11-6-12(16)13(19)7-14(11)20-2/h3-7,15H,1-2H3. The van der Waals surface area contributed by atoms with Gasteiger partial charge in [0, 0.05) is 16.7 Å². The molecule has 20 heavy (non-hydrogen) atoms. The van der Waals surface area contributed by atoms with Crippen LogP contribution in [0.4, 0.5) is 4.39 Å². The Bertz CT molecular complexity index is 646. The zero-order valence-electron chi connectivity index (χ0n) is 10.9. The number of ether oxygens (including phenoxy) is 1. The van der Waals surface area contributed by atoms with E-state index in [1.54, 1.807) is 12.1 Å². The van der Waals surface area contributed by atoms with Gasteiger partial charge in [0.2, 0.25) is 0 Å². The third-order valence-electron chi connectivity index (χ3n) is 3.05. The van der Waals surface area contributed by atoms with Crippen molar-refractivity contribution in [3.05, 3.63) is 62.3 Å². The summed E-state index contributed by atoms with van der Waals surface area (Å²) in [6.07, 6.45) is 0. The van der Waals surface area contributed by atoms with Crippen LogP contribution in [0, 0.1) is 12.7 Å². The minimum Gasteiger partial charge on any atom is -0.496 e. The van der Waals surface area contributed by atoms with Gasteiger partial charge in [0.25, 0.3) is 0 Å². The fourth-order valence-corrected chi connectivity index (χ4v) is 3.01. The van der Waals surface area contributed by atoms with Crippen LogP contribution in [-0.4, -0.2) is 7.11 Å². The Morgan fingerprint density at radius 1 is 1.20 bits per heavy atom. The van der Waals surface area contributed by atoms with Gasteiger partial charge in [-0.05, 0) is 52.2 Å². The molecule has 1 unspecified atom stereocenters. The Labute approximate surface area is 135 Å². The van der Waals surface area contributed by atoms with E-state index in [1.807, 2.05) is 19.1 Å². The highest BCUT2D eigenvalue weighted by Gasteiger charge is 2.19. The third kappa shape index (κ3) is 3.11. The van der Waals surface area contributed by atoms with Crippen molar-refractivity contribution in [3.63, 3.8) is 0 Å². The summed E-state index contributed by atoms with van der Waals surface area (Å²) >= 11 is 15.6. The van der Waals surface area contributed by atoms with E-state index in [9.17, 15) is 4.39 Å². The van der Waals surface area contributed by atoms with E-state index in [4.69, 9.17) is 27.9 Å². The summed E-state index contributed by atoms with van der Waals surface area (Å²) in [5, 5.41) is 0.210. The highest BCUT2D eigenvalue weighted by atomic mass is 79.9. The molecular weight excluding hydrogens is 366 g/mol. The highest BCUT2D eigenvalue weighted by Crippen LogP contribution is 2.39. The average Bonchev–Trinajstić information content (AvgIpc) is 2.40. The van der Waals surface area contributed by atoms with Crippen LogP contribution in [0.5, 0.6) is 5.75 Å². The van der Waals surface area contributed by atoms with Crippen LogP contribution in [0.25, 0.3) is 0 Å². The zero-order chi connectivity index (χ0) is 14.9. The molecule has 0 bridgehead atoms. The van der Waals surface area contributed by atoms with Gasteiger partial charge >= 0.3 is 0 Å². The molecule has 0 radical (unpaired) electrons. The van der Waals surface area contributed by atoms with Crippen LogP contribution in [0.1, 0.15) is 22.1 Å². The van der Waals surface area contributed by atoms with Gasteiger partial charge in [0.05, 0.1) is 17.0 Å². The Hall–Kier alpha value is -0.770. The molecule has 0 spiro atoms. The van der Waals surface area contributed by atoms with E-state index in [-0.39, 0.29) is 5.82 Å². The second-order valence-electron chi connectivity index (χ2n) is 4.37. The lowest BCUT2D eigenvalue weighted by atomic mass is 9.99. The SMILES string of the molecule is COc1cc(F)c(Br)cc1C(Cl)c1ccc(Cl)cc1C. The number of alkyl halides is 1. The van der Waals surface area contributed by atoms with Crippen LogP contribution in [0.15, 0.2) is 34.8 Å². The topological polar surface area (TPSA) is 9.23 Å². The predicted molar refractivity (Wildman–Crippen MR) is 84.5 cm³/mol. The van der Waals surface area contributed by atoms with Crippen molar-refractivity contribution in [1.82, 2.24) is 0 Å². The lowest BCUT2D eigenvalue weighted by Crippen LogP contribution is -2.01. The molecule has 0 heterocycles. The minimum absolute atomic E-state index is 0.352. The van der Waals surface area contributed by atoms with Gasteiger partial charge in [0.15, 0.2) is 0 Å². The fraction of sp³-hybridized carbons (Fsp3) is 0.200. The summed E-state index contributed by atoms with van der Waals surface area (Å²) in [6, 6.07) is 8.45. The molecule has 1 nitrogen and oxygen atoms in total. The quantitative estimate of drug-likeness (QED) is 0.606. The molecule has 2 aromatic rings. The van der Waals surface area contributed by atoms with E-state index in [1.165, 1.54) is 13.2 Å². The molecule has 2 aromatic carbocycles. The van der Waals surface area contributed by atoms with E-state index >= 15 is 0 Å². The number of hydrogen-bond donors (Lipinski definition) is 0. The zero-order valence-corrected chi connectivity index (χ0v) is 14.0. The molecule has 0 N–H and O–H groups in total. The maximum absolute atomic E-state index is 13.6. The highest BCUT2D eigenvalue weighted by molar-refractivity contribution is 9.10. The summed E-state index contributed by atoms with van der Waals surface area (Å²) in [7, 11) is 1.49. The van der Waals surface area contributed by atoms with Crippen LogP contribution in [0.3, 0.4) is 0 Å². The Kier molecular flexibility index (Phi) is 4.95. The first kappa shape index (κ1) is 15.6. The second-order valence-corrected chi connectivity index (χ2v) is 6.10. The molecule has 2 rings (SSSR count). The van der Waals surface area contributed by atoms with Gasteiger partial charge in [-0.15, -0.1) is 11.6 Å². The minimum atomic E-state index is -0.445. The summed E-state index contributed by atoms with van der Waals surface area (Å²) < 4.78 is 19.1. The van der Waals surface area contributed by atoms with Gasteiger partial charge in [-0.2, -0.15) is 0 Å². The van der Waals surface area contributed by atoms with Crippen LogP contribution in [0.2, 0.25) is 5.02 Å². The number of halogens is 4. The lowest BCUT2D eigenvalue weighted by Gasteiger charge is -2.17. The smallest absolute Gasteiger partial charge is 0.141 e. The fourth-order valence-electron chi connectivity index (χ4n) is 2.01. The van der Waals surface area contributed by atoms with E-state index in [2.05, 4.69) is 15.9 Å². The van der Waals surface area contributed by atoms with Gasteiger partial charge in [0.1, 0.15) is 11.6 Å². The number of rotatable bonds is 3. The molecule has 0 amide bonds. The van der Waals surface area contributed by atoms with Crippen molar-refractivity contribution in [2.24, 2.45) is 0 Å². The molecule has 0 saturated carbocycles. The van der Waals surface area contributed by atoms with Crippen molar-refractivity contribution in [2.45, 2.75) is 12.3 Å². The van der Waals surface area contributed by atoms with Crippen LogP contribution < -0.4 is 4.74 Å². The second kappa shape index (κ2) is 6.33. The molecule has 0 aromatic heterocycles. The lowest BCUT2D eigenvalue weighted by molar-refractivity contribution is 0.406. The van der Waals surface area contributed by atoms with Crippen molar-refractivity contribution >= 4 is 39.1 Å². The number of aryl methyl sites for hydroxylation is 1. The molecule has 0 aliphatic carbocycles. The molecule has 106 valence electrons. The van der Waals surface area contributed by atoms with E-state index in [0.29, 0.717) is 20.8 Å². The van der Waals surface area contributed by atoms with Crippen molar-refractivity contribution in [1.29, 1.82) is 0 Å². The monoisotopic (exact) mass is 376 g/mol. The van der Waals surface area contributed by atoms with Crippen molar-refractivity contribution in [2.75, 3.05) is 7.11 Å². The molecule has 0 fully saturated rings. The average molecular weight is 378 g/mol. The summed E-state index contributed by atoms with van der Waals surface area (Å²) in [5.41, 5.74) is 2.58. The van der Waals surface area contributed by atoms with Gasteiger partial charge in [-0.1, -0.05) is 17.7 Å². The molecule has 0 aliphatic rings. The molecule has 0 aliphatic heterocycles. The number of benzene rings is 2. The maximum atomic E-state index is 13.6.